The van der Waals surface area contributed by atoms with Crippen LogP contribution in [-0.2, 0) is 4.79 Å². The van der Waals surface area contributed by atoms with E-state index in [2.05, 4.69) is 10.6 Å². The lowest BCUT2D eigenvalue weighted by atomic mass is 10.2. The standard InChI is InChI=1S/C17H17FN2O2S/c1-2-19-17(22)12-6-5-7-13(10-12)20-16(21)11-23-15-9-4-3-8-14(15)18/h3-10H,2,11H2,1H3,(H,19,22)(H,20,21). The predicted octanol–water partition coefficient (Wildman–Crippen LogP) is 3.31. The average Bonchev–Trinajstić information content (AvgIpc) is 2.54. The largest absolute Gasteiger partial charge is 0.352 e. The lowest BCUT2D eigenvalue weighted by Gasteiger charge is -2.08. The van der Waals surface area contributed by atoms with Crippen LogP contribution in [0.15, 0.2) is 53.4 Å². The van der Waals surface area contributed by atoms with Crippen LogP contribution < -0.4 is 10.6 Å². The van der Waals surface area contributed by atoms with Crippen LogP contribution in [0.5, 0.6) is 0 Å². The quantitative estimate of drug-likeness (QED) is 0.798. The minimum absolute atomic E-state index is 0.0896. The van der Waals surface area contributed by atoms with Crippen molar-refractivity contribution in [1.29, 1.82) is 0 Å². The van der Waals surface area contributed by atoms with Crippen molar-refractivity contribution in [3.8, 4) is 0 Å². The van der Waals surface area contributed by atoms with Crippen molar-refractivity contribution >= 4 is 29.3 Å². The molecule has 0 aliphatic carbocycles. The molecule has 0 bridgehead atoms. The Balaban J connectivity index is 1.94. The molecule has 120 valence electrons. The summed E-state index contributed by atoms with van der Waals surface area (Å²) in [5, 5.41) is 5.40. The first kappa shape index (κ1) is 17.0. The molecule has 0 radical (unpaired) electrons. The third-order valence-electron chi connectivity index (χ3n) is 2.94. The Bertz CT molecular complexity index is 706. The van der Waals surface area contributed by atoms with Crippen LogP contribution in [0.3, 0.4) is 0 Å². The van der Waals surface area contributed by atoms with E-state index >= 15 is 0 Å². The van der Waals surface area contributed by atoms with E-state index in [1.807, 2.05) is 6.92 Å². The first-order valence-corrected chi connectivity index (χ1v) is 8.14. The number of benzene rings is 2. The number of anilines is 1. The van der Waals surface area contributed by atoms with Crippen LogP contribution >= 0.6 is 11.8 Å². The molecule has 0 heterocycles. The summed E-state index contributed by atoms with van der Waals surface area (Å²) in [6.07, 6.45) is 0. The minimum atomic E-state index is -0.344. The molecule has 0 spiro atoms. The molecule has 23 heavy (non-hydrogen) atoms. The van der Waals surface area contributed by atoms with Gasteiger partial charge < -0.3 is 10.6 Å². The minimum Gasteiger partial charge on any atom is -0.352 e. The first-order valence-electron chi connectivity index (χ1n) is 7.15. The molecule has 0 fully saturated rings. The van der Waals surface area contributed by atoms with Gasteiger partial charge in [0.25, 0.3) is 5.91 Å². The molecule has 0 aromatic heterocycles. The Morgan fingerprint density at radius 1 is 1.13 bits per heavy atom. The maximum atomic E-state index is 13.5. The second-order valence-electron chi connectivity index (χ2n) is 4.71. The molecular formula is C17H17FN2O2S. The van der Waals surface area contributed by atoms with E-state index in [9.17, 15) is 14.0 Å². The van der Waals surface area contributed by atoms with Crippen molar-refractivity contribution < 1.29 is 14.0 Å². The molecule has 0 saturated heterocycles. The summed E-state index contributed by atoms with van der Waals surface area (Å²) >= 11 is 1.13. The monoisotopic (exact) mass is 332 g/mol. The molecule has 0 saturated carbocycles. The number of amides is 2. The van der Waals surface area contributed by atoms with Gasteiger partial charge in [-0.15, -0.1) is 11.8 Å². The maximum absolute atomic E-state index is 13.5. The summed E-state index contributed by atoms with van der Waals surface area (Å²) in [6, 6.07) is 13.0. The number of carbonyl (C=O) groups excluding carboxylic acids is 2. The Morgan fingerprint density at radius 3 is 2.65 bits per heavy atom. The van der Waals surface area contributed by atoms with E-state index < -0.39 is 0 Å². The van der Waals surface area contributed by atoms with Crippen molar-refractivity contribution in [2.24, 2.45) is 0 Å². The molecular weight excluding hydrogens is 315 g/mol. The molecule has 2 aromatic rings. The lowest BCUT2D eigenvalue weighted by molar-refractivity contribution is -0.113. The topological polar surface area (TPSA) is 58.2 Å². The fraction of sp³-hybridized carbons (Fsp3) is 0.176. The molecule has 0 unspecified atom stereocenters. The van der Waals surface area contributed by atoms with Gasteiger partial charge in [0, 0.05) is 22.7 Å². The summed E-state index contributed by atoms with van der Waals surface area (Å²) < 4.78 is 13.5. The Morgan fingerprint density at radius 2 is 1.91 bits per heavy atom. The predicted molar refractivity (Wildman–Crippen MR) is 90.2 cm³/mol. The Hall–Kier alpha value is -2.34. The van der Waals surface area contributed by atoms with E-state index in [1.54, 1.807) is 42.5 Å². The SMILES string of the molecule is CCNC(=O)c1cccc(NC(=O)CSc2ccccc2F)c1. The van der Waals surface area contributed by atoms with Gasteiger partial charge in [-0.05, 0) is 37.3 Å². The van der Waals surface area contributed by atoms with Gasteiger partial charge in [0.1, 0.15) is 5.82 Å². The Kier molecular flexibility index (Phi) is 6.17. The van der Waals surface area contributed by atoms with Gasteiger partial charge in [0.05, 0.1) is 5.75 Å². The van der Waals surface area contributed by atoms with Crippen molar-refractivity contribution in [2.45, 2.75) is 11.8 Å². The van der Waals surface area contributed by atoms with Gasteiger partial charge in [-0.2, -0.15) is 0 Å². The highest BCUT2D eigenvalue weighted by atomic mass is 32.2. The third kappa shape index (κ3) is 5.10. The van der Waals surface area contributed by atoms with Crippen molar-refractivity contribution in [3.05, 3.63) is 59.9 Å². The van der Waals surface area contributed by atoms with Crippen LogP contribution in [0.4, 0.5) is 10.1 Å². The fourth-order valence-electron chi connectivity index (χ4n) is 1.90. The molecule has 2 rings (SSSR count). The van der Waals surface area contributed by atoms with E-state index in [1.165, 1.54) is 6.07 Å². The number of rotatable bonds is 6. The second-order valence-corrected chi connectivity index (χ2v) is 5.72. The molecule has 0 aliphatic heterocycles. The highest BCUT2D eigenvalue weighted by molar-refractivity contribution is 8.00. The zero-order valence-electron chi connectivity index (χ0n) is 12.6. The van der Waals surface area contributed by atoms with E-state index in [-0.39, 0.29) is 23.4 Å². The molecule has 0 atom stereocenters. The number of carbonyl (C=O) groups is 2. The summed E-state index contributed by atoms with van der Waals surface area (Å²) in [7, 11) is 0. The summed E-state index contributed by atoms with van der Waals surface area (Å²) in [5.41, 5.74) is 1.01. The first-order chi connectivity index (χ1) is 11.1. The van der Waals surface area contributed by atoms with Gasteiger partial charge in [-0.1, -0.05) is 18.2 Å². The molecule has 4 nitrogen and oxygen atoms in total. The zero-order chi connectivity index (χ0) is 16.7. The molecule has 2 N–H and O–H groups in total. The maximum Gasteiger partial charge on any atom is 0.251 e. The van der Waals surface area contributed by atoms with E-state index in [0.29, 0.717) is 22.7 Å². The molecule has 2 aromatic carbocycles. The van der Waals surface area contributed by atoms with Crippen molar-refractivity contribution in [3.63, 3.8) is 0 Å². The highest BCUT2D eigenvalue weighted by Crippen LogP contribution is 2.21. The smallest absolute Gasteiger partial charge is 0.251 e. The summed E-state index contributed by atoms with van der Waals surface area (Å²) in [6.45, 7) is 2.37. The van der Waals surface area contributed by atoms with Gasteiger partial charge >= 0.3 is 0 Å². The fourth-order valence-corrected chi connectivity index (χ4v) is 2.64. The normalized spacial score (nSPS) is 10.2. The van der Waals surface area contributed by atoms with Gasteiger partial charge in [0.2, 0.25) is 5.91 Å². The molecule has 0 aliphatic rings. The van der Waals surface area contributed by atoms with Crippen LogP contribution in [0.1, 0.15) is 17.3 Å². The molecule has 6 heteroatoms. The zero-order valence-corrected chi connectivity index (χ0v) is 13.5. The third-order valence-corrected chi connectivity index (χ3v) is 3.99. The number of hydrogen-bond donors (Lipinski definition) is 2. The average molecular weight is 332 g/mol. The number of halogens is 1. The van der Waals surface area contributed by atoms with E-state index in [0.717, 1.165) is 11.8 Å². The van der Waals surface area contributed by atoms with Gasteiger partial charge in [0.15, 0.2) is 0 Å². The molecule has 2 amide bonds. The number of nitrogens with one attached hydrogen (secondary N) is 2. The van der Waals surface area contributed by atoms with E-state index in [4.69, 9.17) is 0 Å². The van der Waals surface area contributed by atoms with Gasteiger partial charge in [-0.3, -0.25) is 9.59 Å². The summed E-state index contributed by atoms with van der Waals surface area (Å²) in [5.74, 6) is -0.703. The van der Waals surface area contributed by atoms with Crippen LogP contribution in [0.2, 0.25) is 0 Å². The van der Waals surface area contributed by atoms with Crippen LogP contribution in [-0.4, -0.2) is 24.1 Å². The van der Waals surface area contributed by atoms with Gasteiger partial charge in [-0.25, -0.2) is 4.39 Å². The number of hydrogen-bond acceptors (Lipinski definition) is 3. The lowest BCUT2D eigenvalue weighted by Crippen LogP contribution is -2.23. The number of thioether (sulfide) groups is 1. The van der Waals surface area contributed by atoms with Crippen LogP contribution in [0, 0.1) is 5.82 Å². The highest BCUT2D eigenvalue weighted by Gasteiger charge is 2.09. The Labute approximate surface area is 138 Å². The van der Waals surface area contributed by atoms with Crippen molar-refractivity contribution in [2.75, 3.05) is 17.6 Å². The second kappa shape index (κ2) is 8.33. The van der Waals surface area contributed by atoms with Crippen LogP contribution in [0.25, 0.3) is 0 Å². The summed E-state index contributed by atoms with van der Waals surface area (Å²) in [4.78, 5) is 24.1. The van der Waals surface area contributed by atoms with Crippen molar-refractivity contribution in [1.82, 2.24) is 5.32 Å².